The van der Waals surface area contributed by atoms with Gasteiger partial charge in [0, 0.05) is 24.0 Å². The number of ether oxygens (including phenoxy) is 1. The number of carbonyl (C=O) groups is 1. The number of hydrogen-bond acceptors (Lipinski definition) is 4. The van der Waals surface area contributed by atoms with E-state index < -0.39 is 0 Å². The first-order valence-corrected chi connectivity index (χ1v) is 7.18. The minimum atomic E-state index is -0.341. The summed E-state index contributed by atoms with van der Waals surface area (Å²) in [7, 11) is 1.52. The average Bonchev–Trinajstić information content (AvgIpc) is 2.62. The first-order valence-electron chi connectivity index (χ1n) is 7.18. The van der Waals surface area contributed by atoms with Crippen molar-refractivity contribution in [2.75, 3.05) is 12.4 Å². The molecular formula is C18H14FN3O2. The van der Waals surface area contributed by atoms with Crippen LogP contribution in [0, 0.1) is 5.82 Å². The highest BCUT2D eigenvalue weighted by Crippen LogP contribution is 2.21. The maximum absolute atomic E-state index is 13.3. The third kappa shape index (κ3) is 3.55. The molecule has 3 rings (SSSR count). The van der Waals surface area contributed by atoms with Gasteiger partial charge in [0.25, 0.3) is 5.91 Å². The maximum Gasteiger partial charge on any atom is 0.257 e. The first-order chi connectivity index (χ1) is 11.7. The van der Waals surface area contributed by atoms with Crippen molar-refractivity contribution in [1.82, 2.24) is 9.97 Å². The minimum Gasteiger partial charge on any atom is -0.481 e. The molecule has 120 valence electrons. The highest BCUT2D eigenvalue weighted by atomic mass is 19.1. The molecule has 2 heterocycles. The number of benzene rings is 1. The molecule has 0 saturated carbocycles. The van der Waals surface area contributed by atoms with E-state index in [1.807, 2.05) is 0 Å². The number of rotatable bonds is 4. The molecule has 0 bridgehead atoms. The summed E-state index contributed by atoms with van der Waals surface area (Å²) >= 11 is 0. The molecule has 0 aliphatic rings. The molecule has 0 saturated heterocycles. The van der Waals surface area contributed by atoms with Gasteiger partial charge in [0.05, 0.1) is 24.6 Å². The fourth-order valence-electron chi connectivity index (χ4n) is 2.17. The van der Waals surface area contributed by atoms with Crippen molar-refractivity contribution in [3.05, 3.63) is 72.4 Å². The van der Waals surface area contributed by atoms with Crippen LogP contribution in [0.2, 0.25) is 0 Å². The Morgan fingerprint density at radius 1 is 1.08 bits per heavy atom. The Hall–Kier alpha value is -3.28. The van der Waals surface area contributed by atoms with Gasteiger partial charge in [-0.05, 0) is 29.8 Å². The molecule has 1 aromatic carbocycles. The van der Waals surface area contributed by atoms with E-state index in [4.69, 9.17) is 4.74 Å². The number of methoxy groups -OCH3 is 1. The summed E-state index contributed by atoms with van der Waals surface area (Å²) in [6, 6.07) is 11.1. The van der Waals surface area contributed by atoms with Gasteiger partial charge in [-0.15, -0.1) is 0 Å². The highest BCUT2D eigenvalue weighted by molar-refractivity contribution is 6.04. The molecule has 3 aromatic rings. The number of nitrogens with one attached hydrogen (secondary N) is 1. The minimum absolute atomic E-state index is 0.326. The second-order valence-electron chi connectivity index (χ2n) is 5.02. The fraction of sp³-hybridized carbons (Fsp3) is 0.0556. The number of anilines is 1. The van der Waals surface area contributed by atoms with Gasteiger partial charge in [0.2, 0.25) is 5.88 Å². The quantitative estimate of drug-likeness (QED) is 0.797. The van der Waals surface area contributed by atoms with Crippen molar-refractivity contribution in [3.8, 4) is 17.0 Å². The van der Waals surface area contributed by atoms with Crippen LogP contribution in [0.1, 0.15) is 10.4 Å². The smallest absolute Gasteiger partial charge is 0.257 e. The predicted molar refractivity (Wildman–Crippen MR) is 88.4 cm³/mol. The van der Waals surface area contributed by atoms with Crippen molar-refractivity contribution in [3.63, 3.8) is 0 Å². The van der Waals surface area contributed by atoms with Gasteiger partial charge in [-0.2, -0.15) is 0 Å². The number of halogens is 1. The van der Waals surface area contributed by atoms with E-state index in [2.05, 4.69) is 15.3 Å². The average molecular weight is 323 g/mol. The van der Waals surface area contributed by atoms with Gasteiger partial charge >= 0.3 is 0 Å². The van der Waals surface area contributed by atoms with Crippen LogP contribution in [0.5, 0.6) is 5.88 Å². The normalized spacial score (nSPS) is 10.2. The van der Waals surface area contributed by atoms with Crippen LogP contribution in [0.25, 0.3) is 11.1 Å². The van der Waals surface area contributed by atoms with E-state index in [0.717, 1.165) is 0 Å². The van der Waals surface area contributed by atoms with Gasteiger partial charge in [0.15, 0.2) is 0 Å². The van der Waals surface area contributed by atoms with Crippen molar-refractivity contribution in [1.29, 1.82) is 0 Å². The number of carbonyl (C=O) groups excluding carboxylic acids is 1. The monoisotopic (exact) mass is 323 g/mol. The summed E-state index contributed by atoms with van der Waals surface area (Å²) in [6.45, 7) is 0. The number of pyridine rings is 2. The summed E-state index contributed by atoms with van der Waals surface area (Å²) in [5.74, 6) is -0.206. The van der Waals surface area contributed by atoms with Crippen molar-refractivity contribution >= 4 is 11.6 Å². The molecule has 1 amide bonds. The van der Waals surface area contributed by atoms with Crippen LogP contribution in [0.15, 0.2) is 61.1 Å². The van der Waals surface area contributed by atoms with Crippen LogP contribution in [-0.4, -0.2) is 23.0 Å². The Labute approximate surface area is 138 Å². The first kappa shape index (κ1) is 15.6. The van der Waals surface area contributed by atoms with Gasteiger partial charge in [0.1, 0.15) is 5.82 Å². The fourth-order valence-corrected chi connectivity index (χ4v) is 2.17. The molecule has 0 aliphatic heterocycles. The lowest BCUT2D eigenvalue weighted by atomic mass is 10.1. The molecule has 0 radical (unpaired) electrons. The van der Waals surface area contributed by atoms with Crippen molar-refractivity contribution < 1.29 is 13.9 Å². The SMILES string of the molecule is COc1ccc(NC(=O)c2cncc(-c3cccc(F)c3)c2)cn1. The molecule has 0 spiro atoms. The zero-order chi connectivity index (χ0) is 16.9. The maximum atomic E-state index is 13.3. The second kappa shape index (κ2) is 6.87. The van der Waals surface area contributed by atoms with E-state index >= 15 is 0 Å². The Bertz CT molecular complexity index is 866. The molecular weight excluding hydrogens is 309 g/mol. The van der Waals surface area contributed by atoms with Crippen LogP contribution in [0.3, 0.4) is 0 Å². The van der Waals surface area contributed by atoms with E-state index in [1.54, 1.807) is 36.5 Å². The molecule has 2 aromatic heterocycles. The lowest BCUT2D eigenvalue weighted by molar-refractivity contribution is 0.102. The lowest BCUT2D eigenvalue weighted by Gasteiger charge is -2.07. The third-order valence-electron chi connectivity index (χ3n) is 3.36. The Morgan fingerprint density at radius 3 is 2.67 bits per heavy atom. The van der Waals surface area contributed by atoms with Crippen LogP contribution >= 0.6 is 0 Å². The van der Waals surface area contributed by atoms with Crippen molar-refractivity contribution in [2.45, 2.75) is 0 Å². The molecule has 6 heteroatoms. The summed E-state index contributed by atoms with van der Waals surface area (Å²) in [5.41, 5.74) is 2.22. The molecule has 0 fully saturated rings. The summed E-state index contributed by atoms with van der Waals surface area (Å²) in [5, 5.41) is 2.73. The number of nitrogens with zero attached hydrogens (tertiary/aromatic N) is 2. The van der Waals surface area contributed by atoms with E-state index in [1.165, 1.54) is 31.6 Å². The van der Waals surface area contributed by atoms with Gasteiger partial charge < -0.3 is 10.1 Å². The largest absolute Gasteiger partial charge is 0.481 e. The number of aromatic nitrogens is 2. The Kier molecular flexibility index (Phi) is 4.47. The summed E-state index contributed by atoms with van der Waals surface area (Å²) in [4.78, 5) is 20.4. The molecule has 0 aliphatic carbocycles. The highest BCUT2D eigenvalue weighted by Gasteiger charge is 2.09. The lowest BCUT2D eigenvalue weighted by Crippen LogP contribution is -2.12. The summed E-state index contributed by atoms with van der Waals surface area (Å²) in [6.07, 6.45) is 4.54. The molecule has 1 N–H and O–H groups in total. The molecule has 5 nitrogen and oxygen atoms in total. The summed E-state index contributed by atoms with van der Waals surface area (Å²) < 4.78 is 18.3. The van der Waals surface area contributed by atoms with Crippen LogP contribution < -0.4 is 10.1 Å². The second-order valence-corrected chi connectivity index (χ2v) is 5.02. The van der Waals surface area contributed by atoms with Crippen LogP contribution in [0.4, 0.5) is 10.1 Å². The number of amides is 1. The van der Waals surface area contributed by atoms with Gasteiger partial charge in [-0.3, -0.25) is 9.78 Å². The zero-order valence-corrected chi connectivity index (χ0v) is 12.9. The topological polar surface area (TPSA) is 64.1 Å². The van der Waals surface area contributed by atoms with Crippen molar-refractivity contribution in [2.24, 2.45) is 0 Å². The van der Waals surface area contributed by atoms with E-state index in [9.17, 15) is 9.18 Å². The third-order valence-corrected chi connectivity index (χ3v) is 3.36. The number of hydrogen-bond donors (Lipinski definition) is 1. The Morgan fingerprint density at radius 2 is 1.96 bits per heavy atom. The predicted octanol–water partition coefficient (Wildman–Crippen LogP) is 3.54. The zero-order valence-electron chi connectivity index (χ0n) is 12.9. The van der Waals surface area contributed by atoms with Gasteiger partial charge in [-0.1, -0.05) is 12.1 Å². The standard InChI is InChI=1S/C18H14FN3O2/c1-24-17-6-5-16(11-21-17)22-18(23)14-7-13(9-20-10-14)12-3-2-4-15(19)8-12/h2-11H,1H3,(H,22,23). The van der Waals surface area contributed by atoms with Crippen LogP contribution in [-0.2, 0) is 0 Å². The molecule has 0 unspecified atom stereocenters. The Balaban J connectivity index is 1.81. The van der Waals surface area contributed by atoms with E-state index in [0.29, 0.717) is 28.3 Å². The molecule has 24 heavy (non-hydrogen) atoms. The van der Waals surface area contributed by atoms with Gasteiger partial charge in [-0.25, -0.2) is 9.37 Å². The molecule has 0 atom stereocenters. The van der Waals surface area contributed by atoms with E-state index in [-0.39, 0.29) is 11.7 Å².